The van der Waals surface area contributed by atoms with Crippen LogP contribution in [0, 0.1) is 0 Å². The number of hydrogen-bond donors (Lipinski definition) is 1. The maximum Gasteiger partial charge on any atom is 0.224 e. The van der Waals surface area contributed by atoms with Gasteiger partial charge in [-0.1, -0.05) is 13.3 Å². The highest BCUT2D eigenvalue weighted by molar-refractivity contribution is 5.77. The topological polar surface area (TPSA) is 32.3 Å². The number of carbonyl (C=O) groups is 1. The Kier molecular flexibility index (Phi) is 4.78. The summed E-state index contributed by atoms with van der Waals surface area (Å²) in [6.07, 6.45) is 5.30. The van der Waals surface area contributed by atoms with Crippen LogP contribution >= 0.6 is 0 Å². The van der Waals surface area contributed by atoms with Crippen LogP contribution in [0.1, 0.15) is 52.9 Å². The highest BCUT2D eigenvalue weighted by Gasteiger charge is 2.27. The number of carbonyl (C=O) groups excluding carboxylic acids is 1. The summed E-state index contributed by atoms with van der Waals surface area (Å²) < 4.78 is 0. The largest absolute Gasteiger partial charge is 0.341 e. The molecule has 0 aromatic heterocycles. The summed E-state index contributed by atoms with van der Waals surface area (Å²) >= 11 is 0. The van der Waals surface area contributed by atoms with E-state index in [2.05, 4.69) is 26.1 Å². The molecule has 0 aromatic rings. The monoisotopic (exact) mass is 226 g/mol. The van der Waals surface area contributed by atoms with E-state index in [1.54, 1.807) is 0 Å². The molecule has 1 saturated heterocycles. The molecule has 94 valence electrons. The van der Waals surface area contributed by atoms with Crippen LogP contribution in [-0.2, 0) is 4.79 Å². The first-order chi connectivity index (χ1) is 7.47. The Balaban J connectivity index is 2.44. The predicted octanol–water partition coefficient (Wildman–Crippen LogP) is 2.17. The fourth-order valence-electron chi connectivity index (χ4n) is 2.02. The predicted molar refractivity (Wildman–Crippen MR) is 67.4 cm³/mol. The lowest BCUT2D eigenvalue weighted by atomic mass is 9.97. The first-order valence-corrected chi connectivity index (χ1v) is 6.47. The number of nitrogens with zero attached hydrogens (tertiary/aromatic N) is 1. The second-order valence-corrected chi connectivity index (χ2v) is 5.47. The molecule has 3 nitrogen and oxygen atoms in total. The Morgan fingerprint density at radius 3 is 2.62 bits per heavy atom. The number of nitrogens with one attached hydrogen (secondary N) is 1. The summed E-state index contributed by atoms with van der Waals surface area (Å²) in [7, 11) is 1.93. The van der Waals surface area contributed by atoms with Gasteiger partial charge in [0.25, 0.3) is 0 Å². The van der Waals surface area contributed by atoms with Crippen molar-refractivity contribution in [1.29, 1.82) is 0 Å². The SMILES string of the molecule is CCC(C)(C)N(C)C(=O)CC1CCCCN1. The minimum absolute atomic E-state index is 0.0221. The molecule has 1 N–H and O–H groups in total. The molecule has 1 aliphatic rings. The smallest absolute Gasteiger partial charge is 0.224 e. The van der Waals surface area contributed by atoms with Gasteiger partial charge < -0.3 is 10.2 Å². The van der Waals surface area contributed by atoms with E-state index < -0.39 is 0 Å². The number of amides is 1. The maximum absolute atomic E-state index is 12.1. The van der Waals surface area contributed by atoms with Gasteiger partial charge in [-0.2, -0.15) is 0 Å². The highest BCUT2D eigenvalue weighted by atomic mass is 16.2. The van der Waals surface area contributed by atoms with Crippen LogP contribution < -0.4 is 5.32 Å². The van der Waals surface area contributed by atoms with Crippen LogP contribution in [0.25, 0.3) is 0 Å². The normalized spacial score (nSPS) is 21.9. The van der Waals surface area contributed by atoms with E-state index in [1.165, 1.54) is 12.8 Å². The molecule has 0 saturated carbocycles. The quantitative estimate of drug-likeness (QED) is 0.797. The second kappa shape index (κ2) is 5.67. The molecule has 1 heterocycles. The number of hydrogen-bond acceptors (Lipinski definition) is 2. The Bertz CT molecular complexity index is 232. The molecular formula is C13H26N2O. The third-order valence-corrected chi connectivity index (χ3v) is 3.98. The summed E-state index contributed by atoms with van der Waals surface area (Å²) in [5.41, 5.74) is -0.0221. The first kappa shape index (κ1) is 13.5. The van der Waals surface area contributed by atoms with Crippen LogP contribution in [0.2, 0.25) is 0 Å². The third kappa shape index (κ3) is 3.48. The van der Waals surface area contributed by atoms with Crippen molar-refractivity contribution in [2.45, 2.75) is 64.5 Å². The minimum atomic E-state index is -0.0221. The maximum atomic E-state index is 12.1. The molecule has 0 bridgehead atoms. The fourth-order valence-corrected chi connectivity index (χ4v) is 2.02. The van der Waals surface area contributed by atoms with Crippen LogP contribution in [0.5, 0.6) is 0 Å². The van der Waals surface area contributed by atoms with E-state index in [1.807, 2.05) is 11.9 Å². The fraction of sp³-hybridized carbons (Fsp3) is 0.923. The lowest BCUT2D eigenvalue weighted by Gasteiger charge is -2.36. The Hall–Kier alpha value is -0.570. The molecule has 0 spiro atoms. The molecule has 1 fully saturated rings. The lowest BCUT2D eigenvalue weighted by molar-refractivity contribution is -0.135. The average Bonchev–Trinajstić information content (AvgIpc) is 2.29. The van der Waals surface area contributed by atoms with Crippen LogP contribution in [-0.4, -0.2) is 36.0 Å². The second-order valence-electron chi connectivity index (χ2n) is 5.47. The van der Waals surface area contributed by atoms with Crippen molar-refractivity contribution in [3.05, 3.63) is 0 Å². The van der Waals surface area contributed by atoms with Gasteiger partial charge in [0.1, 0.15) is 0 Å². The van der Waals surface area contributed by atoms with Crippen LogP contribution in [0.4, 0.5) is 0 Å². The number of piperidine rings is 1. The standard InChI is InChI=1S/C13H26N2O/c1-5-13(2,3)15(4)12(16)10-11-8-6-7-9-14-11/h11,14H,5-10H2,1-4H3. The zero-order valence-electron chi connectivity index (χ0n) is 11.2. The van der Waals surface area contributed by atoms with E-state index >= 15 is 0 Å². The van der Waals surface area contributed by atoms with Crippen molar-refractivity contribution >= 4 is 5.91 Å². The van der Waals surface area contributed by atoms with E-state index in [0.29, 0.717) is 12.5 Å². The zero-order valence-corrected chi connectivity index (χ0v) is 11.2. The van der Waals surface area contributed by atoms with Crippen molar-refractivity contribution in [2.75, 3.05) is 13.6 Å². The molecule has 1 amide bonds. The average molecular weight is 226 g/mol. The summed E-state index contributed by atoms with van der Waals surface area (Å²) in [5, 5.41) is 3.43. The van der Waals surface area contributed by atoms with Crippen molar-refractivity contribution in [1.82, 2.24) is 10.2 Å². The van der Waals surface area contributed by atoms with Gasteiger partial charge in [-0.3, -0.25) is 4.79 Å². The Morgan fingerprint density at radius 2 is 2.12 bits per heavy atom. The molecule has 1 rings (SSSR count). The first-order valence-electron chi connectivity index (χ1n) is 6.47. The van der Waals surface area contributed by atoms with Gasteiger partial charge in [0.2, 0.25) is 5.91 Å². The molecule has 1 aliphatic heterocycles. The van der Waals surface area contributed by atoms with Gasteiger partial charge in [0, 0.05) is 25.0 Å². The van der Waals surface area contributed by atoms with Crippen molar-refractivity contribution < 1.29 is 4.79 Å². The molecule has 1 atom stereocenters. The number of rotatable bonds is 4. The molecule has 0 radical (unpaired) electrons. The van der Waals surface area contributed by atoms with Gasteiger partial charge in [-0.25, -0.2) is 0 Å². The van der Waals surface area contributed by atoms with E-state index in [9.17, 15) is 4.79 Å². The van der Waals surface area contributed by atoms with Crippen molar-refractivity contribution in [3.63, 3.8) is 0 Å². The van der Waals surface area contributed by atoms with E-state index in [0.717, 1.165) is 19.4 Å². The molecule has 0 aromatic carbocycles. The highest BCUT2D eigenvalue weighted by Crippen LogP contribution is 2.19. The zero-order chi connectivity index (χ0) is 12.2. The van der Waals surface area contributed by atoms with Crippen LogP contribution in [0.3, 0.4) is 0 Å². The van der Waals surface area contributed by atoms with E-state index in [-0.39, 0.29) is 11.4 Å². The van der Waals surface area contributed by atoms with Crippen LogP contribution in [0.15, 0.2) is 0 Å². The lowest BCUT2D eigenvalue weighted by Crippen LogP contribution is -2.47. The van der Waals surface area contributed by atoms with Gasteiger partial charge in [-0.15, -0.1) is 0 Å². The summed E-state index contributed by atoms with van der Waals surface area (Å²) in [5.74, 6) is 0.270. The van der Waals surface area contributed by atoms with Crippen molar-refractivity contribution in [3.8, 4) is 0 Å². The minimum Gasteiger partial charge on any atom is -0.341 e. The summed E-state index contributed by atoms with van der Waals surface area (Å²) in [6.45, 7) is 7.44. The molecule has 3 heteroatoms. The van der Waals surface area contributed by atoms with Crippen molar-refractivity contribution in [2.24, 2.45) is 0 Å². The third-order valence-electron chi connectivity index (χ3n) is 3.98. The van der Waals surface area contributed by atoms with Gasteiger partial charge in [0.15, 0.2) is 0 Å². The van der Waals surface area contributed by atoms with Gasteiger partial charge >= 0.3 is 0 Å². The van der Waals surface area contributed by atoms with E-state index in [4.69, 9.17) is 0 Å². The summed E-state index contributed by atoms with van der Waals surface area (Å²) in [6, 6.07) is 0.399. The molecular weight excluding hydrogens is 200 g/mol. The molecule has 0 aliphatic carbocycles. The Labute approximate surface area is 99.6 Å². The van der Waals surface area contributed by atoms with Gasteiger partial charge in [-0.05, 0) is 39.7 Å². The van der Waals surface area contributed by atoms with Gasteiger partial charge in [0.05, 0.1) is 0 Å². The molecule has 16 heavy (non-hydrogen) atoms. The summed E-state index contributed by atoms with van der Waals surface area (Å²) in [4.78, 5) is 14.0. The Morgan fingerprint density at radius 1 is 1.44 bits per heavy atom. The molecule has 1 unspecified atom stereocenters.